The number of ketones is 1. The number of fused-ring (bicyclic) bond motifs is 2. The van der Waals surface area contributed by atoms with Crippen LogP contribution in [0.25, 0.3) is 10.9 Å². The summed E-state index contributed by atoms with van der Waals surface area (Å²) in [6, 6.07) is 7.15. The summed E-state index contributed by atoms with van der Waals surface area (Å²) in [5, 5.41) is 7.79. The molecule has 0 saturated carbocycles. The van der Waals surface area contributed by atoms with E-state index >= 15 is 0 Å². The highest BCUT2D eigenvalue weighted by atomic mass is 19.4. The van der Waals surface area contributed by atoms with E-state index in [4.69, 9.17) is 4.74 Å². The summed E-state index contributed by atoms with van der Waals surface area (Å²) in [5.41, 5.74) is 1.68. The highest BCUT2D eigenvalue weighted by Gasteiger charge is 2.44. The molecule has 2 aliphatic heterocycles. The Morgan fingerprint density at radius 2 is 1.97 bits per heavy atom. The van der Waals surface area contributed by atoms with Crippen molar-refractivity contribution in [2.24, 2.45) is 0 Å². The molecule has 5 rings (SSSR count). The normalized spacial score (nSPS) is 17.7. The van der Waals surface area contributed by atoms with Gasteiger partial charge in [0.2, 0.25) is 0 Å². The molecule has 7 nitrogen and oxygen atoms in total. The molecule has 1 saturated heterocycles. The molecule has 3 heterocycles. The van der Waals surface area contributed by atoms with Gasteiger partial charge in [0.05, 0.1) is 23.7 Å². The molecular formula is C23H20F3N3O4. The Morgan fingerprint density at radius 1 is 1.21 bits per heavy atom. The lowest BCUT2D eigenvalue weighted by Crippen LogP contribution is -2.52. The number of hydrogen-bond acceptors (Lipinski definition) is 5. The van der Waals surface area contributed by atoms with E-state index in [0.717, 1.165) is 28.6 Å². The van der Waals surface area contributed by atoms with Crippen molar-refractivity contribution in [1.29, 1.82) is 0 Å². The molecule has 33 heavy (non-hydrogen) atoms. The zero-order chi connectivity index (χ0) is 23.4. The predicted molar refractivity (Wildman–Crippen MR) is 111 cm³/mol. The average molecular weight is 459 g/mol. The van der Waals surface area contributed by atoms with Gasteiger partial charge in [-0.1, -0.05) is 0 Å². The van der Waals surface area contributed by atoms with E-state index in [2.05, 4.69) is 14.9 Å². The van der Waals surface area contributed by atoms with Crippen molar-refractivity contribution in [2.75, 3.05) is 13.1 Å². The van der Waals surface area contributed by atoms with Gasteiger partial charge in [-0.2, -0.15) is 5.10 Å². The van der Waals surface area contributed by atoms with Crippen molar-refractivity contribution >= 4 is 22.6 Å². The van der Waals surface area contributed by atoms with Crippen molar-refractivity contribution in [3.05, 3.63) is 53.2 Å². The number of nitrogens with one attached hydrogen (secondary N) is 1. The second-order valence-corrected chi connectivity index (χ2v) is 8.51. The molecule has 2 aromatic carbocycles. The van der Waals surface area contributed by atoms with Gasteiger partial charge in [-0.15, -0.1) is 13.2 Å². The Bertz CT molecular complexity index is 1260. The molecule has 172 valence electrons. The number of piperidine rings is 1. The maximum Gasteiger partial charge on any atom is 0.573 e. The lowest BCUT2D eigenvalue weighted by atomic mass is 9.82. The quantitative estimate of drug-likeness (QED) is 0.614. The van der Waals surface area contributed by atoms with Crippen LogP contribution in [0.15, 0.2) is 36.5 Å². The second kappa shape index (κ2) is 7.50. The smallest absolute Gasteiger partial charge is 0.486 e. The Morgan fingerprint density at radius 3 is 2.70 bits per heavy atom. The van der Waals surface area contributed by atoms with Gasteiger partial charge in [-0.3, -0.25) is 14.7 Å². The van der Waals surface area contributed by atoms with Crippen molar-refractivity contribution < 1.29 is 32.2 Å². The van der Waals surface area contributed by atoms with Crippen molar-refractivity contribution in [1.82, 2.24) is 15.1 Å². The fourth-order valence-corrected chi connectivity index (χ4v) is 4.61. The van der Waals surface area contributed by atoms with Crippen LogP contribution in [0.1, 0.15) is 45.5 Å². The zero-order valence-electron chi connectivity index (χ0n) is 17.7. The van der Waals surface area contributed by atoms with E-state index in [9.17, 15) is 22.8 Å². The molecule has 3 aromatic rings. The first-order valence-corrected chi connectivity index (χ1v) is 10.5. The molecule has 0 bridgehead atoms. The van der Waals surface area contributed by atoms with Gasteiger partial charge in [0.25, 0.3) is 5.91 Å². The van der Waals surface area contributed by atoms with E-state index in [1.165, 1.54) is 6.07 Å². The summed E-state index contributed by atoms with van der Waals surface area (Å²) in [6.07, 6.45) is -2.24. The van der Waals surface area contributed by atoms with E-state index < -0.39 is 17.7 Å². The van der Waals surface area contributed by atoms with Crippen molar-refractivity contribution in [3.63, 3.8) is 0 Å². The Kier molecular flexibility index (Phi) is 4.84. The van der Waals surface area contributed by atoms with Gasteiger partial charge in [-0.05, 0) is 42.8 Å². The third kappa shape index (κ3) is 4.01. The summed E-state index contributed by atoms with van der Waals surface area (Å²) in [4.78, 5) is 27.6. The molecule has 1 amide bonds. The lowest BCUT2D eigenvalue weighted by Gasteiger charge is -2.44. The largest absolute Gasteiger partial charge is 0.573 e. The maximum absolute atomic E-state index is 13.1. The number of rotatable bonds is 2. The number of aromatic amines is 1. The van der Waals surface area contributed by atoms with E-state index in [1.807, 2.05) is 13.0 Å². The van der Waals surface area contributed by atoms with Gasteiger partial charge < -0.3 is 14.4 Å². The fraction of sp³-hybridized carbons (Fsp3) is 0.348. The summed E-state index contributed by atoms with van der Waals surface area (Å²) in [6.45, 7) is 2.71. The zero-order valence-corrected chi connectivity index (χ0v) is 17.7. The first kappa shape index (κ1) is 21.3. The number of aryl methyl sites for hydroxylation is 1. The number of Topliss-reactive ketones (excluding diaryl/α,β-unsaturated/α-hetero) is 1. The van der Waals surface area contributed by atoms with Crippen molar-refractivity contribution in [3.8, 4) is 11.5 Å². The van der Waals surface area contributed by atoms with Crippen LogP contribution in [-0.2, 0) is 0 Å². The molecule has 0 atom stereocenters. The molecule has 1 aromatic heterocycles. The SMILES string of the molecule is Cc1cc(C(=O)N2CCC3(CC2)CC(=O)c2cc(OC(F)(F)F)ccc2O3)cc2cn[nH]c12. The third-order valence-corrected chi connectivity index (χ3v) is 6.25. The van der Waals surface area contributed by atoms with Crippen LogP contribution in [-0.4, -0.2) is 51.8 Å². The summed E-state index contributed by atoms with van der Waals surface area (Å²) < 4.78 is 47.5. The second-order valence-electron chi connectivity index (χ2n) is 8.51. The van der Waals surface area contributed by atoms with Gasteiger partial charge >= 0.3 is 6.36 Å². The maximum atomic E-state index is 13.1. The number of H-pyrrole nitrogens is 1. The number of alkyl halides is 3. The fourth-order valence-electron chi connectivity index (χ4n) is 4.61. The van der Waals surface area contributed by atoms with Crippen LogP contribution in [0.2, 0.25) is 0 Å². The number of carbonyl (C=O) groups is 2. The first-order chi connectivity index (χ1) is 15.6. The number of aromatic nitrogens is 2. The molecule has 1 spiro atoms. The number of likely N-dealkylation sites (tertiary alicyclic amines) is 1. The summed E-state index contributed by atoms with van der Waals surface area (Å²) >= 11 is 0. The molecular weight excluding hydrogens is 439 g/mol. The molecule has 0 radical (unpaired) electrons. The van der Waals surface area contributed by atoms with Crippen LogP contribution >= 0.6 is 0 Å². The number of ether oxygens (including phenoxy) is 2. The van der Waals surface area contributed by atoms with Gasteiger partial charge in [-0.25, -0.2) is 0 Å². The number of hydrogen-bond donors (Lipinski definition) is 1. The number of nitrogens with zero attached hydrogens (tertiary/aromatic N) is 2. The number of benzene rings is 2. The molecule has 10 heteroatoms. The minimum absolute atomic E-state index is 0.0393. The van der Waals surface area contributed by atoms with E-state index in [-0.39, 0.29) is 29.4 Å². The summed E-state index contributed by atoms with van der Waals surface area (Å²) in [5.74, 6) is -0.627. The van der Waals surface area contributed by atoms with E-state index in [0.29, 0.717) is 31.5 Å². The average Bonchev–Trinajstić information content (AvgIpc) is 3.23. The first-order valence-electron chi connectivity index (χ1n) is 10.5. The standard InChI is InChI=1S/C23H20F3N3O4/c1-13-8-14(9-15-12-27-28-20(13)15)21(31)29-6-4-22(5-7-29)11-18(30)17-10-16(32-23(24,25)26)2-3-19(17)33-22/h2-3,8-10,12H,4-7,11H2,1H3,(H,27,28). The Labute approximate surface area is 186 Å². The highest BCUT2D eigenvalue weighted by Crippen LogP contribution is 2.41. The Balaban J connectivity index is 1.30. The van der Waals surface area contributed by atoms with Crippen LogP contribution in [0.3, 0.4) is 0 Å². The van der Waals surface area contributed by atoms with Crippen LogP contribution in [0, 0.1) is 6.92 Å². The summed E-state index contributed by atoms with van der Waals surface area (Å²) in [7, 11) is 0. The minimum atomic E-state index is -4.84. The molecule has 2 aliphatic rings. The van der Waals surface area contributed by atoms with Crippen LogP contribution in [0.5, 0.6) is 11.5 Å². The number of amides is 1. The van der Waals surface area contributed by atoms with Gasteiger partial charge in [0.15, 0.2) is 5.78 Å². The molecule has 1 fully saturated rings. The third-order valence-electron chi connectivity index (χ3n) is 6.25. The topological polar surface area (TPSA) is 84.5 Å². The molecule has 0 unspecified atom stereocenters. The number of halogens is 3. The number of carbonyl (C=O) groups excluding carboxylic acids is 2. The van der Waals surface area contributed by atoms with E-state index in [1.54, 1.807) is 17.2 Å². The van der Waals surface area contributed by atoms with Gasteiger partial charge in [0, 0.05) is 36.9 Å². The molecule has 1 N–H and O–H groups in total. The monoisotopic (exact) mass is 459 g/mol. The van der Waals surface area contributed by atoms with Crippen LogP contribution in [0.4, 0.5) is 13.2 Å². The van der Waals surface area contributed by atoms with Crippen LogP contribution < -0.4 is 9.47 Å². The lowest BCUT2D eigenvalue weighted by molar-refractivity contribution is -0.274. The minimum Gasteiger partial charge on any atom is -0.486 e. The Hall–Kier alpha value is -3.56. The highest BCUT2D eigenvalue weighted by molar-refractivity contribution is 6.01. The predicted octanol–water partition coefficient (Wildman–Crippen LogP) is 4.41. The molecule has 0 aliphatic carbocycles. The van der Waals surface area contributed by atoms with Gasteiger partial charge in [0.1, 0.15) is 17.1 Å². The van der Waals surface area contributed by atoms with Crippen molar-refractivity contribution in [2.45, 2.75) is 38.1 Å².